The monoisotopic (exact) mass is 285 g/mol. The Morgan fingerprint density at radius 2 is 2.16 bits per heavy atom. The van der Waals surface area contributed by atoms with Crippen LogP contribution in [0.5, 0.6) is 0 Å². The molecule has 104 valence electrons. The molecule has 0 radical (unpaired) electrons. The van der Waals surface area contributed by atoms with E-state index in [1.807, 2.05) is 6.92 Å². The van der Waals surface area contributed by atoms with Crippen LogP contribution < -0.4 is 5.32 Å². The molecule has 19 heavy (non-hydrogen) atoms. The predicted octanol–water partition coefficient (Wildman–Crippen LogP) is 1.67. The smallest absolute Gasteiger partial charge is 0.303 e. The molecule has 0 spiro atoms. The van der Waals surface area contributed by atoms with Gasteiger partial charge in [0.05, 0.1) is 0 Å². The predicted molar refractivity (Wildman–Crippen MR) is 70.1 cm³/mol. The molecule has 1 aromatic heterocycles. The van der Waals surface area contributed by atoms with Gasteiger partial charge in [-0.25, -0.2) is 9.97 Å². The Bertz CT molecular complexity index is 459. The van der Waals surface area contributed by atoms with Gasteiger partial charge in [0.25, 0.3) is 5.91 Å². The average molecular weight is 286 g/mol. The lowest BCUT2D eigenvalue weighted by molar-refractivity contribution is -0.138. The lowest BCUT2D eigenvalue weighted by Crippen LogP contribution is -2.30. The topological polar surface area (TPSA) is 92.2 Å². The number of nitrogens with one attached hydrogen (secondary N) is 1. The van der Waals surface area contributed by atoms with E-state index in [1.54, 1.807) is 6.92 Å². The van der Waals surface area contributed by atoms with Crippen molar-refractivity contribution in [1.82, 2.24) is 15.3 Å². The van der Waals surface area contributed by atoms with Gasteiger partial charge in [-0.15, -0.1) is 0 Å². The molecular formula is C12H16ClN3O3. The number of nitrogens with zero attached hydrogens (tertiary/aromatic N) is 2. The second-order valence-electron chi connectivity index (χ2n) is 4.25. The summed E-state index contributed by atoms with van der Waals surface area (Å²) in [5.41, 5.74) is 0.783. The van der Waals surface area contributed by atoms with Gasteiger partial charge in [-0.05, 0) is 30.5 Å². The van der Waals surface area contributed by atoms with Gasteiger partial charge in [0, 0.05) is 18.7 Å². The summed E-state index contributed by atoms with van der Waals surface area (Å²) < 4.78 is 0. The molecule has 0 aliphatic carbocycles. The van der Waals surface area contributed by atoms with Gasteiger partial charge in [0.1, 0.15) is 5.69 Å². The maximum Gasteiger partial charge on any atom is 0.303 e. The molecule has 1 amide bonds. The number of amides is 1. The molecule has 1 rings (SSSR count). The lowest BCUT2D eigenvalue weighted by Gasteiger charge is -2.13. The van der Waals surface area contributed by atoms with Crippen LogP contribution in [0.2, 0.25) is 5.28 Å². The number of carboxylic acids is 1. The van der Waals surface area contributed by atoms with Crippen molar-refractivity contribution in [1.29, 1.82) is 0 Å². The molecule has 7 heteroatoms. The Labute approximate surface area is 116 Å². The van der Waals surface area contributed by atoms with Crippen LogP contribution in [0, 0.1) is 12.8 Å². The van der Waals surface area contributed by atoms with Crippen molar-refractivity contribution < 1.29 is 14.7 Å². The number of carbonyl (C=O) groups is 2. The number of rotatable bonds is 6. The normalized spacial score (nSPS) is 11.9. The number of hydrogen-bond donors (Lipinski definition) is 2. The van der Waals surface area contributed by atoms with E-state index < -0.39 is 5.97 Å². The summed E-state index contributed by atoms with van der Waals surface area (Å²) in [6.45, 7) is 3.89. The third-order valence-electron chi connectivity index (χ3n) is 2.65. The van der Waals surface area contributed by atoms with E-state index in [1.165, 1.54) is 6.07 Å². The molecule has 0 bridgehead atoms. The zero-order valence-corrected chi connectivity index (χ0v) is 11.6. The van der Waals surface area contributed by atoms with Crippen LogP contribution in [0.25, 0.3) is 0 Å². The van der Waals surface area contributed by atoms with E-state index in [-0.39, 0.29) is 29.2 Å². The van der Waals surface area contributed by atoms with E-state index in [2.05, 4.69) is 15.3 Å². The Morgan fingerprint density at radius 3 is 2.68 bits per heavy atom. The minimum absolute atomic E-state index is 0.0164. The van der Waals surface area contributed by atoms with Gasteiger partial charge in [-0.2, -0.15) is 0 Å². The van der Waals surface area contributed by atoms with E-state index in [9.17, 15) is 9.59 Å². The first-order valence-corrected chi connectivity index (χ1v) is 6.31. The van der Waals surface area contributed by atoms with Crippen LogP contribution in [-0.4, -0.2) is 33.5 Å². The number of halogens is 1. The summed E-state index contributed by atoms with van der Waals surface area (Å²) in [7, 11) is 0. The molecule has 6 nitrogen and oxygen atoms in total. The molecular weight excluding hydrogens is 270 g/mol. The molecule has 0 aromatic carbocycles. The van der Waals surface area contributed by atoms with Crippen LogP contribution in [-0.2, 0) is 4.79 Å². The number of aromatic nitrogens is 2. The fourth-order valence-corrected chi connectivity index (χ4v) is 1.81. The van der Waals surface area contributed by atoms with Gasteiger partial charge in [-0.3, -0.25) is 9.59 Å². The molecule has 1 unspecified atom stereocenters. The molecule has 0 saturated carbocycles. The number of hydrogen-bond acceptors (Lipinski definition) is 4. The Hall–Kier alpha value is -1.69. The molecule has 0 aliphatic heterocycles. The van der Waals surface area contributed by atoms with E-state index in [4.69, 9.17) is 16.7 Å². The highest BCUT2D eigenvalue weighted by Crippen LogP contribution is 2.08. The minimum atomic E-state index is -0.873. The first-order chi connectivity index (χ1) is 8.92. The highest BCUT2D eigenvalue weighted by molar-refractivity contribution is 6.28. The summed E-state index contributed by atoms with van der Waals surface area (Å²) >= 11 is 5.67. The van der Waals surface area contributed by atoms with Crippen molar-refractivity contribution in [3.8, 4) is 0 Å². The third kappa shape index (κ3) is 5.21. The molecule has 0 aliphatic rings. The highest BCUT2D eigenvalue weighted by atomic mass is 35.5. The molecule has 2 N–H and O–H groups in total. The first kappa shape index (κ1) is 15.4. The lowest BCUT2D eigenvalue weighted by atomic mass is 10.0. The van der Waals surface area contributed by atoms with Gasteiger partial charge < -0.3 is 10.4 Å². The Kier molecular flexibility index (Phi) is 5.69. The number of carbonyl (C=O) groups excluding carboxylic acids is 1. The van der Waals surface area contributed by atoms with Crippen molar-refractivity contribution in [2.75, 3.05) is 6.54 Å². The third-order valence-corrected chi connectivity index (χ3v) is 2.82. The quantitative estimate of drug-likeness (QED) is 0.776. The molecule has 1 aromatic rings. The number of carboxylic acid groups (broad SMARTS) is 1. The van der Waals surface area contributed by atoms with Crippen LogP contribution >= 0.6 is 11.6 Å². The highest BCUT2D eigenvalue weighted by Gasteiger charge is 2.14. The summed E-state index contributed by atoms with van der Waals surface area (Å²) in [4.78, 5) is 30.2. The van der Waals surface area contributed by atoms with Crippen LogP contribution in [0.3, 0.4) is 0 Å². The summed E-state index contributed by atoms with van der Waals surface area (Å²) in [5.74, 6) is -1.35. The largest absolute Gasteiger partial charge is 0.481 e. The van der Waals surface area contributed by atoms with Gasteiger partial charge in [0.15, 0.2) is 0 Å². The minimum Gasteiger partial charge on any atom is -0.481 e. The average Bonchev–Trinajstić information content (AvgIpc) is 2.32. The van der Waals surface area contributed by atoms with Crippen molar-refractivity contribution in [2.45, 2.75) is 26.7 Å². The second kappa shape index (κ2) is 7.04. The molecule has 1 atom stereocenters. The Balaban J connectivity index is 2.61. The maximum absolute atomic E-state index is 11.8. The zero-order chi connectivity index (χ0) is 14.4. The van der Waals surface area contributed by atoms with Gasteiger partial charge in [-0.1, -0.05) is 13.3 Å². The van der Waals surface area contributed by atoms with Crippen molar-refractivity contribution in [3.63, 3.8) is 0 Å². The van der Waals surface area contributed by atoms with E-state index in [0.717, 1.165) is 0 Å². The van der Waals surface area contributed by atoms with Crippen molar-refractivity contribution in [3.05, 3.63) is 22.7 Å². The van der Waals surface area contributed by atoms with Crippen LogP contribution in [0.15, 0.2) is 6.07 Å². The number of aliphatic carboxylic acids is 1. The fourth-order valence-electron chi connectivity index (χ4n) is 1.58. The van der Waals surface area contributed by atoms with Crippen molar-refractivity contribution >= 4 is 23.5 Å². The second-order valence-corrected chi connectivity index (χ2v) is 4.58. The molecule has 0 saturated heterocycles. The van der Waals surface area contributed by atoms with Crippen LogP contribution in [0.1, 0.15) is 35.9 Å². The summed E-state index contributed by atoms with van der Waals surface area (Å²) in [6, 6.07) is 1.53. The Morgan fingerprint density at radius 1 is 1.47 bits per heavy atom. The van der Waals surface area contributed by atoms with Gasteiger partial charge in [0.2, 0.25) is 5.28 Å². The number of aryl methyl sites for hydroxylation is 1. The summed E-state index contributed by atoms with van der Waals surface area (Å²) in [5, 5.41) is 11.4. The van der Waals surface area contributed by atoms with E-state index >= 15 is 0 Å². The SMILES string of the molecule is CCC(CNC(=O)c1cc(C)nc(Cl)n1)CC(=O)O. The van der Waals surface area contributed by atoms with E-state index in [0.29, 0.717) is 18.7 Å². The molecule has 1 heterocycles. The van der Waals surface area contributed by atoms with Crippen LogP contribution in [0.4, 0.5) is 0 Å². The maximum atomic E-state index is 11.8. The van der Waals surface area contributed by atoms with Gasteiger partial charge >= 0.3 is 5.97 Å². The fraction of sp³-hybridized carbons (Fsp3) is 0.500. The zero-order valence-electron chi connectivity index (χ0n) is 10.8. The summed E-state index contributed by atoms with van der Waals surface area (Å²) in [6.07, 6.45) is 0.705. The molecule has 0 fully saturated rings. The first-order valence-electron chi connectivity index (χ1n) is 5.93. The standard InChI is InChI=1S/C12H16ClN3O3/c1-3-8(5-10(17)18)6-14-11(19)9-4-7(2)15-12(13)16-9/h4,8H,3,5-6H2,1-2H3,(H,14,19)(H,17,18). The van der Waals surface area contributed by atoms with Crippen molar-refractivity contribution in [2.24, 2.45) is 5.92 Å².